The van der Waals surface area contributed by atoms with Crippen molar-refractivity contribution in [1.82, 2.24) is 15.3 Å². The number of carboxylic acid groups (broad SMARTS) is 1. The zero-order valence-corrected chi connectivity index (χ0v) is 21.5. The van der Waals surface area contributed by atoms with Gasteiger partial charge >= 0.3 is 5.97 Å². The van der Waals surface area contributed by atoms with Crippen LogP contribution >= 0.6 is 34.5 Å². The average molecular weight is 541 g/mol. The number of carboxylic acids is 1. The minimum Gasteiger partial charge on any atom is -0.477 e. The number of fused-ring (bicyclic) bond motifs is 2. The van der Waals surface area contributed by atoms with E-state index >= 15 is 0 Å². The predicted octanol–water partition coefficient (Wildman–Crippen LogP) is 5.39. The lowest BCUT2D eigenvalue weighted by molar-refractivity contribution is 0.0700. The Bertz CT molecular complexity index is 1520. The molecule has 2 fully saturated rings. The van der Waals surface area contributed by atoms with Crippen molar-refractivity contribution in [2.75, 3.05) is 18.0 Å². The third-order valence-corrected chi connectivity index (χ3v) is 9.20. The fraction of sp³-hybridized carbons (Fsp3) is 0.269. The second-order valence-electron chi connectivity index (χ2n) is 9.42. The van der Waals surface area contributed by atoms with Gasteiger partial charge in [-0.3, -0.25) is 4.79 Å². The van der Waals surface area contributed by atoms with Gasteiger partial charge in [-0.05, 0) is 23.3 Å². The highest BCUT2D eigenvalue weighted by Crippen LogP contribution is 2.48. The summed E-state index contributed by atoms with van der Waals surface area (Å²) in [5.41, 5.74) is 2.55. The van der Waals surface area contributed by atoms with Crippen molar-refractivity contribution >= 4 is 62.3 Å². The first-order valence-corrected chi connectivity index (χ1v) is 13.2. The average Bonchev–Trinajstić information content (AvgIpc) is 3.22. The van der Waals surface area contributed by atoms with Crippen molar-refractivity contribution in [2.45, 2.75) is 19.4 Å². The summed E-state index contributed by atoms with van der Waals surface area (Å²) in [5.74, 6) is -0.636. The molecule has 36 heavy (non-hydrogen) atoms. The third kappa shape index (κ3) is 4.03. The molecule has 2 aromatic carbocycles. The number of thiazole rings is 1. The third-order valence-electron chi connectivity index (χ3n) is 7.11. The van der Waals surface area contributed by atoms with Crippen molar-refractivity contribution < 1.29 is 14.7 Å². The Morgan fingerprint density at radius 1 is 1.14 bits per heavy atom. The lowest BCUT2D eigenvalue weighted by Gasteiger charge is -2.19. The first-order valence-electron chi connectivity index (χ1n) is 11.6. The van der Waals surface area contributed by atoms with Crippen molar-refractivity contribution in [1.29, 1.82) is 0 Å². The largest absolute Gasteiger partial charge is 0.477 e. The Morgan fingerprint density at radius 2 is 1.86 bits per heavy atom. The number of H-pyrrole nitrogens is 1. The Morgan fingerprint density at radius 3 is 2.53 bits per heavy atom. The van der Waals surface area contributed by atoms with E-state index in [0.29, 0.717) is 34.7 Å². The minimum absolute atomic E-state index is 0.0585. The topological polar surface area (TPSA) is 98.3 Å². The van der Waals surface area contributed by atoms with Gasteiger partial charge in [0, 0.05) is 43.1 Å². The van der Waals surface area contributed by atoms with Crippen LogP contribution in [-0.2, 0) is 6.42 Å². The van der Waals surface area contributed by atoms with Crippen LogP contribution in [0.25, 0.3) is 10.8 Å². The highest BCUT2D eigenvalue weighted by molar-refractivity contribution is 7.17. The maximum Gasteiger partial charge on any atom is 0.347 e. The summed E-state index contributed by atoms with van der Waals surface area (Å²) in [4.78, 5) is 34.7. The number of amides is 1. The maximum atomic E-state index is 12.7. The van der Waals surface area contributed by atoms with Gasteiger partial charge in [-0.2, -0.15) is 0 Å². The van der Waals surface area contributed by atoms with Crippen molar-refractivity contribution in [3.8, 4) is 0 Å². The van der Waals surface area contributed by atoms with Gasteiger partial charge in [0.15, 0.2) is 5.13 Å². The van der Waals surface area contributed by atoms with Gasteiger partial charge in [-0.25, -0.2) is 9.78 Å². The number of aromatic carboxylic acids is 1. The number of aromatic nitrogens is 2. The van der Waals surface area contributed by atoms with Gasteiger partial charge in [-0.1, -0.05) is 77.0 Å². The van der Waals surface area contributed by atoms with Crippen LogP contribution in [0.2, 0.25) is 10.0 Å². The molecule has 4 aromatic rings. The summed E-state index contributed by atoms with van der Waals surface area (Å²) in [6.07, 6.45) is 0.460. The summed E-state index contributed by atoms with van der Waals surface area (Å²) in [6.45, 7) is 3.20. The number of anilines is 1. The summed E-state index contributed by atoms with van der Waals surface area (Å²) in [6, 6.07) is 14.3. The SMILES string of the molecule is Cc1[nH]c(C(=O)N[C@@H]2[C@@H]3CN(c4nc(Cc5ccc6ccccc6c5)c(C(=O)O)s4)C[C@@H]32)c(Cl)c1Cl. The van der Waals surface area contributed by atoms with Crippen LogP contribution in [0.4, 0.5) is 5.13 Å². The molecule has 3 heterocycles. The highest BCUT2D eigenvalue weighted by atomic mass is 35.5. The van der Waals surface area contributed by atoms with Crippen LogP contribution in [0, 0.1) is 18.8 Å². The van der Waals surface area contributed by atoms with E-state index in [2.05, 4.69) is 39.5 Å². The number of nitrogens with zero attached hydrogens (tertiary/aromatic N) is 2. The lowest BCUT2D eigenvalue weighted by atomic mass is 10.0. The number of hydrogen-bond acceptors (Lipinski definition) is 5. The normalized spacial score (nSPS) is 20.5. The molecular weight excluding hydrogens is 519 g/mol. The first kappa shape index (κ1) is 23.3. The van der Waals surface area contributed by atoms with Crippen LogP contribution in [0.1, 0.15) is 37.1 Å². The van der Waals surface area contributed by atoms with Crippen molar-refractivity contribution in [3.63, 3.8) is 0 Å². The van der Waals surface area contributed by atoms with Gasteiger partial charge in [0.1, 0.15) is 10.6 Å². The van der Waals surface area contributed by atoms with Gasteiger partial charge in [0.2, 0.25) is 0 Å². The number of halogens is 2. The molecule has 1 aliphatic carbocycles. The number of benzene rings is 2. The molecule has 10 heteroatoms. The second-order valence-corrected chi connectivity index (χ2v) is 11.2. The molecule has 0 spiro atoms. The van der Waals surface area contributed by atoms with E-state index in [4.69, 9.17) is 28.2 Å². The van der Waals surface area contributed by atoms with Gasteiger partial charge in [0.25, 0.3) is 5.91 Å². The molecule has 1 aliphatic heterocycles. The quantitative estimate of drug-likeness (QED) is 0.304. The van der Waals surface area contributed by atoms with Gasteiger partial charge in [-0.15, -0.1) is 0 Å². The number of carbonyl (C=O) groups excluding carboxylic acids is 1. The van der Waals surface area contributed by atoms with E-state index in [1.165, 1.54) is 11.3 Å². The zero-order chi connectivity index (χ0) is 25.1. The molecule has 3 atom stereocenters. The number of rotatable bonds is 6. The van der Waals surface area contributed by atoms with Crippen LogP contribution < -0.4 is 10.2 Å². The number of aromatic amines is 1. The second kappa shape index (κ2) is 8.80. The minimum atomic E-state index is -0.958. The summed E-state index contributed by atoms with van der Waals surface area (Å²) in [5, 5.41) is 16.4. The fourth-order valence-corrected chi connectivity index (χ4v) is 6.51. The van der Waals surface area contributed by atoms with Crippen LogP contribution in [0.5, 0.6) is 0 Å². The Labute approximate surface area is 221 Å². The summed E-state index contributed by atoms with van der Waals surface area (Å²) in [7, 11) is 0. The van der Waals surface area contributed by atoms with Gasteiger partial charge < -0.3 is 20.3 Å². The van der Waals surface area contributed by atoms with E-state index in [1.54, 1.807) is 6.92 Å². The summed E-state index contributed by atoms with van der Waals surface area (Å²) < 4.78 is 0. The molecule has 6 rings (SSSR count). The molecule has 3 N–H and O–H groups in total. The molecule has 2 aliphatic rings. The number of nitrogens with one attached hydrogen (secondary N) is 2. The molecule has 1 amide bonds. The van der Waals surface area contributed by atoms with Crippen LogP contribution in [0.3, 0.4) is 0 Å². The standard InChI is InChI=1S/C26H22Cl2N4O3S/c1-12-19(27)20(28)22(29-12)24(33)31-21-16-10-32(11-17(16)21)26-30-18(23(36-26)25(34)35)9-13-6-7-14-4-2-3-5-15(14)8-13/h2-8,16-17,21,29H,9-11H2,1H3,(H,31,33)(H,34,35)/t16-,17+,21-. The maximum absolute atomic E-state index is 12.7. The lowest BCUT2D eigenvalue weighted by Crippen LogP contribution is -2.34. The van der Waals surface area contributed by atoms with E-state index in [1.807, 2.05) is 18.2 Å². The van der Waals surface area contributed by atoms with E-state index < -0.39 is 5.97 Å². The number of hydrogen-bond donors (Lipinski definition) is 3. The fourth-order valence-electron chi connectivity index (χ4n) is 5.15. The predicted molar refractivity (Wildman–Crippen MR) is 142 cm³/mol. The Hall–Kier alpha value is -3.07. The van der Waals surface area contributed by atoms with Crippen LogP contribution in [0.15, 0.2) is 42.5 Å². The molecule has 0 radical (unpaired) electrons. The number of aryl methyl sites for hydroxylation is 1. The van der Waals surface area contributed by atoms with Gasteiger partial charge in [0.05, 0.1) is 15.7 Å². The summed E-state index contributed by atoms with van der Waals surface area (Å²) >= 11 is 13.5. The number of carbonyl (C=O) groups is 2. The van der Waals surface area contributed by atoms with Crippen molar-refractivity contribution in [3.05, 3.63) is 80.0 Å². The van der Waals surface area contributed by atoms with Crippen molar-refractivity contribution in [2.24, 2.45) is 11.8 Å². The first-order chi connectivity index (χ1) is 17.3. The zero-order valence-electron chi connectivity index (χ0n) is 19.2. The smallest absolute Gasteiger partial charge is 0.347 e. The van der Waals surface area contributed by atoms with E-state index in [-0.39, 0.29) is 27.5 Å². The number of piperidine rings is 1. The molecule has 184 valence electrons. The molecule has 7 nitrogen and oxygen atoms in total. The molecule has 0 unspecified atom stereocenters. The Kier molecular flexibility index (Phi) is 5.70. The highest BCUT2D eigenvalue weighted by Gasteiger charge is 2.57. The molecule has 1 saturated heterocycles. The Balaban J connectivity index is 1.14. The molecule has 1 saturated carbocycles. The monoisotopic (exact) mass is 540 g/mol. The molecule has 0 bridgehead atoms. The van der Waals surface area contributed by atoms with E-state index in [0.717, 1.165) is 34.6 Å². The van der Waals surface area contributed by atoms with Crippen LogP contribution in [-0.4, -0.2) is 46.1 Å². The molecule has 2 aromatic heterocycles. The van der Waals surface area contributed by atoms with E-state index in [9.17, 15) is 14.7 Å². The molecular formula is C26H22Cl2N4O3S.